The summed E-state index contributed by atoms with van der Waals surface area (Å²) in [5.41, 5.74) is 5.02. The first-order valence-corrected chi connectivity index (χ1v) is 17.8. The van der Waals surface area contributed by atoms with Crippen molar-refractivity contribution in [1.82, 2.24) is 31.7 Å². The highest BCUT2D eigenvalue weighted by molar-refractivity contribution is 7.84. The lowest BCUT2D eigenvalue weighted by Crippen LogP contribution is -2.57. The molecule has 15 nitrogen and oxygen atoms in total. The van der Waals surface area contributed by atoms with Gasteiger partial charge < -0.3 is 30.7 Å². The number of hydrogen-bond donors (Lipinski definition) is 6. The number of nitrogens with zero attached hydrogens (tertiary/aromatic N) is 1. The average Bonchev–Trinajstić information content (AvgIpc) is 3.04. The zero-order chi connectivity index (χ0) is 37.4. The van der Waals surface area contributed by atoms with Gasteiger partial charge in [0.1, 0.15) is 29.5 Å². The van der Waals surface area contributed by atoms with Crippen molar-refractivity contribution in [2.75, 3.05) is 25.1 Å². The Hall–Kier alpha value is -4.99. The van der Waals surface area contributed by atoms with Crippen LogP contribution in [0.5, 0.6) is 5.75 Å². The molecule has 0 bridgehead atoms. The van der Waals surface area contributed by atoms with Crippen LogP contribution in [-0.4, -0.2) is 98.7 Å². The van der Waals surface area contributed by atoms with Crippen LogP contribution < -0.4 is 26.8 Å². The van der Waals surface area contributed by atoms with Gasteiger partial charge in [-0.2, -0.15) is 0 Å². The number of phenolic OH excluding ortho intramolecular Hbond substituents is 1. The van der Waals surface area contributed by atoms with Gasteiger partial charge in [-0.05, 0) is 57.4 Å². The molecule has 0 fully saturated rings. The van der Waals surface area contributed by atoms with Crippen LogP contribution in [0, 0.1) is 0 Å². The Kier molecular flexibility index (Phi) is 16.4. The molecule has 50 heavy (non-hydrogen) atoms. The van der Waals surface area contributed by atoms with Crippen LogP contribution in [0.25, 0.3) is 0 Å². The summed E-state index contributed by atoms with van der Waals surface area (Å²) in [5, 5.41) is 17.3. The number of carbonyl (C=O) groups excluding carboxylic acids is 6. The van der Waals surface area contributed by atoms with Gasteiger partial charge in [0.05, 0.1) is 6.54 Å². The molecule has 6 N–H and O–H groups in total. The highest BCUT2D eigenvalue weighted by Gasteiger charge is 2.32. The van der Waals surface area contributed by atoms with Gasteiger partial charge in [-0.3, -0.25) is 39.0 Å². The number of alkyl carbamates (subject to hydrolysis) is 1. The van der Waals surface area contributed by atoms with E-state index >= 15 is 0 Å². The van der Waals surface area contributed by atoms with E-state index in [1.54, 1.807) is 70.2 Å². The second-order valence-electron chi connectivity index (χ2n) is 12.5. The number of carbonyl (C=O) groups is 6. The molecule has 0 aliphatic rings. The van der Waals surface area contributed by atoms with Crippen LogP contribution in [0.4, 0.5) is 4.79 Å². The minimum Gasteiger partial charge on any atom is -0.508 e. The maximum atomic E-state index is 13.6. The number of nitrogens with one attached hydrogen (secondary N) is 5. The molecule has 0 saturated carbocycles. The van der Waals surface area contributed by atoms with Crippen molar-refractivity contribution >= 4 is 46.4 Å². The van der Waals surface area contributed by atoms with Crippen molar-refractivity contribution in [3.8, 4) is 5.75 Å². The van der Waals surface area contributed by atoms with Crippen LogP contribution in [-0.2, 0) is 52.4 Å². The van der Waals surface area contributed by atoms with Crippen LogP contribution in [0.3, 0.4) is 0 Å². The lowest BCUT2D eigenvalue weighted by molar-refractivity contribution is -0.141. The number of amides is 6. The van der Waals surface area contributed by atoms with Gasteiger partial charge in [0.25, 0.3) is 5.91 Å². The zero-order valence-corrected chi connectivity index (χ0v) is 30.1. The van der Waals surface area contributed by atoms with E-state index in [2.05, 4.69) is 26.8 Å². The smallest absolute Gasteiger partial charge is 0.408 e. The fraction of sp³-hybridized carbons (Fsp3) is 0.471. The predicted octanol–water partition coefficient (Wildman–Crippen LogP) is 0.825. The molecule has 2 rings (SSSR count). The van der Waals surface area contributed by atoms with Gasteiger partial charge in [-0.25, -0.2) is 4.79 Å². The summed E-state index contributed by atoms with van der Waals surface area (Å²) >= 11 is 0. The van der Waals surface area contributed by atoms with Crippen molar-refractivity contribution in [3.63, 3.8) is 0 Å². The monoisotopic (exact) mass is 716 g/mol. The molecule has 16 heteroatoms. The summed E-state index contributed by atoms with van der Waals surface area (Å²) in [6.45, 7) is 7.41. The summed E-state index contributed by atoms with van der Waals surface area (Å²) in [6, 6.07) is 11.4. The Balaban J connectivity index is 2.25. The summed E-state index contributed by atoms with van der Waals surface area (Å²) in [5.74, 6) is -3.21. The molecule has 0 spiro atoms. The Labute approximate surface area is 294 Å². The first-order chi connectivity index (χ1) is 23.5. The molecular weight excluding hydrogens is 668 g/mol. The molecule has 2 aromatic carbocycles. The van der Waals surface area contributed by atoms with Crippen molar-refractivity contribution < 1.29 is 42.8 Å². The van der Waals surface area contributed by atoms with Crippen LogP contribution in [0.15, 0.2) is 54.6 Å². The molecule has 2 aromatic rings. The van der Waals surface area contributed by atoms with Gasteiger partial charge in [-0.15, -0.1) is 0 Å². The largest absolute Gasteiger partial charge is 0.508 e. The van der Waals surface area contributed by atoms with Crippen LogP contribution in [0.2, 0.25) is 0 Å². The topological polar surface area (TPSA) is 212 Å². The first kappa shape index (κ1) is 41.2. The van der Waals surface area contributed by atoms with E-state index in [4.69, 9.17) is 4.74 Å². The molecule has 0 heterocycles. The molecule has 0 aliphatic carbocycles. The summed E-state index contributed by atoms with van der Waals surface area (Å²) in [6.07, 6.45) is 0.613. The summed E-state index contributed by atoms with van der Waals surface area (Å²) < 4.78 is 17.3. The SMILES string of the molecule is CCN(C(=O)CNC(=O)[C@@H](CCS(C)=O)NC(=O)[C@H](Cc1ccc(O)cc1)NC(=O)OC(C)(C)C)[C@@H](Cc1ccccc1)C(=O)NNC(C)=O. The third-order valence-corrected chi connectivity index (χ3v) is 7.91. The van der Waals surface area contributed by atoms with E-state index in [1.165, 1.54) is 30.2 Å². The Morgan fingerprint density at radius 3 is 2.02 bits per heavy atom. The van der Waals surface area contributed by atoms with Gasteiger partial charge >= 0.3 is 6.09 Å². The van der Waals surface area contributed by atoms with E-state index < -0.39 is 76.7 Å². The number of ether oxygens (including phenoxy) is 1. The van der Waals surface area contributed by atoms with E-state index in [0.717, 1.165) is 5.56 Å². The van der Waals surface area contributed by atoms with Crippen molar-refractivity contribution in [2.24, 2.45) is 0 Å². The van der Waals surface area contributed by atoms with Crippen LogP contribution >= 0.6 is 0 Å². The number of phenols is 1. The molecule has 6 amide bonds. The van der Waals surface area contributed by atoms with Gasteiger partial charge in [0, 0.05) is 49.1 Å². The minimum atomic E-state index is -1.33. The molecule has 4 atom stereocenters. The molecule has 1 unspecified atom stereocenters. The van der Waals surface area contributed by atoms with E-state index in [9.17, 15) is 38.1 Å². The lowest BCUT2D eigenvalue weighted by atomic mass is 10.0. The second-order valence-corrected chi connectivity index (χ2v) is 14.0. The molecule has 274 valence electrons. The number of benzene rings is 2. The van der Waals surface area contributed by atoms with E-state index in [1.807, 2.05) is 0 Å². The predicted molar refractivity (Wildman–Crippen MR) is 187 cm³/mol. The van der Waals surface area contributed by atoms with Crippen molar-refractivity contribution in [3.05, 3.63) is 65.7 Å². The number of hydrogen-bond acceptors (Lipinski definition) is 9. The fourth-order valence-corrected chi connectivity index (χ4v) is 5.29. The van der Waals surface area contributed by atoms with Crippen molar-refractivity contribution in [1.29, 1.82) is 0 Å². The number of hydrazine groups is 1. The van der Waals surface area contributed by atoms with Gasteiger partial charge in [0.15, 0.2) is 0 Å². The number of aromatic hydroxyl groups is 1. The highest BCUT2D eigenvalue weighted by atomic mass is 32.2. The minimum absolute atomic E-state index is 0.00934. The number of likely N-dealkylation sites (N-methyl/N-ethyl adjacent to an activating group) is 1. The Bertz CT molecular complexity index is 1500. The number of rotatable bonds is 16. The molecule has 0 saturated heterocycles. The maximum Gasteiger partial charge on any atom is 0.408 e. The zero-order valence-electron chi connectivity index (χ0n) is 29.2. The Morgan fingerprint density at radius 1 is 0.840 bits per heavy atom. The lowest BCUT2D eigenvalue weighted by Gasteiger charge is -2.30. The van der Waals surface area contributed by atoms with Crippen LogP contribution in [0.1, 0.15) is 52.2 Å². The Morgan fingerprint density at radius 2 is 1.46 bits per heavy atom. The van der Waals surface area contributed by atoms with Gasteiger partial charge in [0.2, 0.25) is 23.6 Å². The second kappa shape index (κ2) is 19.9. The third kappa shape index (κ3) is 15.1. The summed E-state index contributed by atoms with van der Waals surface area (Å²) in [7, 11) is -1.33. The average molecular weight is 717 g/mol. The molecular formula is C34H48N6O9S. The van der Waals surface area contributed by atoms with Crippen molar-refractivity contribution in [2.45, 2.75) is 77.6 Å². The molecule has 0 radical (unpaired) electrons. The maximum absolute atomic E-state index is 13.6. The van der Waals surface area contributed by atoms with Gasteiger partial charge in [-0.1, -0.05) is 42.5 Å². The fourth-order valence-electron chi connectivity index (χ4n) is 4.72. The summed E-state index contributed by atoms with van der Waals surface area (Å²) in [4.78, 5) is 78.9. The molecule has 0 aliphatic heterocycles. The quantitative estimate of drug-likeness (QED) is 0.136. The molecule has 0 aromatic heterocycles. The van der Waals surface area contributed by atoms with E-state index in [0.29, 0.717) is 5.56 Å². The first-order valence-electron chi connectivity index (χ1n) is 16.0. The third-order valence-electron chi connectivity index (χ3n) is 7.10. The normalized spacial score (nSPS) is 13.4. The highest BCUT2D eigenvalue weighted by Crippen LogP contribution is 2.14. The van der Waals surface area contributed by atoms with E-state index in [-0.39, 0.29) is 37.3 Å². The standard InChI is InChI=1S/C34H48N6O9S/c1-7-40(28(32(46)39-38-22(2)41)20-23-11-9-8-10-12-23)29(43)21-35-30(44)26(17-18-50(6)48)36-31(45)27(37-33(47)49-34(3,4)5)19-24-13-15-25(42)16-14-24/h8-16,26-28,42H,7,17-21H2,1-6H3,(H,35,44)(H,36,45)(H,37,47)(H,38,41)(H,39,46)/t26-,27+,28+,50?/m1/s1.